The summed E-state index contributed by atoms with van der Waals surface area (Å²) in [6, 6.07) is 11.2. The van der Waals surface area contributed by atoms with Crippen molar-refractivity contribution in [3.8, 4) is 27.8 Å². The summed E-state index contributed by atoms with van der Waals surface area (Å²) in [6.45, 7) is 2.15. The van der Waals surface area contributed by atoms with Crippen LogP contribution in [0.25, 0.3) is 21.5 Å². The van der Waals surface area contributed by atoms with E-state index in [-0.39, 0.29) is 6.61 Å². The van der Waals surface area contributed by atoms with Crippen molar-refractivity contribution in [3.63, 3.8) is 0 Å². The number of methoxy groups -OCH3 is 2. The molecular formula is C22H18Cl2N2O3S. The van der Waals surface area contributed by atoms with E-state index in [2.05, 4.69) is 4.98 Å². The van der Waals surface area contributed by atoms with Crippen LogP contribution in [0.5, 0.6) is 17.2 Å². The number of hydrogen-bond donors (Lipinski definition) is 0. The predicted octanol–water partition coefficient (Wildman–Crippen LogP) is 6.57. The third-order valence-corrected chi connectivity index (χ3v) is 6.04. The number of ether oxygens (including phenoxy) is 3. The van der Waals surface area contributed by atoms with Gasteiger partial charge in [0.25, 0.3) is 0 Å². The second-order valence-electron chi connectivity index (χ2n) is 6.49. The minimum Gasteiger partial charge on any atom is -0.493 e. The molecule has 2 heterocycles. The number of fused-ring (bicyclic) bond motifs is 1. The number of thiazole rings is 1. The van der Waals surface area contributed by atoms with Crippen molar-refractivity contribution in [1.29, 1.82) is 0 Å². The third-order valence-electron chi connectivity index (χ3n) is 4.53. The number of halogens is 2. The van der Waals surface area contributed by atoms with E-state index in [0.717, 1.165) is 27.3 Å². The van der Waals surface area contributed by atoms with Crippen LogP contribution in [0.4, 0.5) is 0 Å². The van der Waals surface area contributed by atoms with Crippen molar-refractivity contribution in [3.05, 3.63) is 63.2 Å². The molecule has 0 aliphatic rings. The maximum atomic E-state index is 6.40. The van der Waals surface area contributed by atoms with Gasteiger partial charge in [-0.2, -0.15) is 0 Å². The highest BCUT2D eigenvalue weighted by Gasteiger charge is 2.17. The van der Waals surface area contributed by atoms with Crippen molar-refractivity contribution in [2.24, 2.45) is 0 Å². The molecule has 0 spiro atoms. The minimum atomic E-state index is 0.245. The zero-order valence-corrected chi connectivity index (χ0v) is 18.9. The Balaban J connectivity index is 1.63. The number of benzene rings is 2. The van der Waals surface area contributed by atoms with Gasteiger partial charge in [0.15, 0.2) is 17.2 Å². The standard InChI is InChI=1S/C22H18Cl2N2O3S/c1-12-7-8-14-16(23)9-17(24)21(19(14)25-12)29-10-13-11-30-22(26-13)15-5-4-6-18(27-2)20(15)28-3/h4-9,11H,10H2,1-3H3. The number of rotatable bonds is 6. The SMILES string of the molecule is COc1cccc(-c2nc(COc3c(Cl)cc(Cl)c4ccc(C)nc34)cs2)c1OC. The molecule has 4 rings (SSSR count). The Bertz CT molecular complexity index is 1230. The van der Waals surface area contributed by atoms with Gasteiger partial charge in [0.2, 0.25) is 0 Å². The Hall–Kier alpha value is -2.54. The van der Waals surface area contributed by atoms with Crippen LogP contribution in [-0.2, 0) is 6.61 Å². The number of nitrogens with zero attached hydrogens (tertiary/aromatic N) is 2. The van der Waals surface area contributed by atoms with Gasteiger partial charge < -0.3 is 14.2 Å². The smallest absolute Gasteiger partial charge is 0.170 e. The normalized spacial score (nSPS) is 11.0. The van der Waals surface area contributed by atoms with E-state index >= 15 is 0 Å². The summed E-state index contributed by atoms with van der Waals surface area (Å²) in [7, 11) is 3.22. The molecule has 0 aliphatic carbocycles. The first-order chi connectivity index (χ1) is 14.5. The zero-order valence-electron chi connectivity index (χ0n) is 16.5. The maximum Gasteiger partial charge on any atom is 0.170 e. The lowest BCUT2D eigenvalue weighted by molar-refractivity contribution is 0.305. The van der Waals surface area contributed by atoms with Crippen LogP contribution in [0.1, 0.15) is 11.4 Å². The van der Waals surface area contributed by atoms with Gasteiger partial charge in [-0.1, -0.05) is 29.3 Å². The number of aryl methyl sites for hydroxylation is 1. The number of pyridine rings is 1. The van der Waals surface area contributed by atoms with Crippen molar-refractivity contribution >= 4 is 45.4 Å². The summed E-state index contributed by atoms with van der Waals surface area (Å²) < 4.78 is 16.9. The molecule has 0 amide bonds. The van der Waals surface area contributed by atoms with E-state index in [4.69, 9.17) is 42.4 Å². The van der Waals surface area contributed by atoms with Crippen LogP contribution in [0, 0.1) is 6.92 Å². The van der Waals surface area contributed by atoms with Crippen LogP contribution < -0.4 is 14.2 Å². The molecule has 0 atom stereocenters. The molecule has 4 aromatic rings. The maximum absolute atomic E-state index is 6.40. The average Bonchev–Trinajstić information content (AvgIpc) is 3.21. The molecular weight excluding hydrogens is 443 g/mol. The quantitative estimate of drug-likeness (QED) is 0.325. The Morgan fingerprint density at radius 3 is 2.57 bits per heavy atom. The number of para-hydroxylation sites is 1. The van der Waals surface area contributed by atoms with E-state index in [9.17, 15) is 0 Å². The van der Waals surface area contributed by atoms with Crippen LogP contribution in [0.2, 0.25) is 10.0 Å². The van der Waals surface area contributed by atoms with Gasteiger partial charge >= 0.3 is 0 Å². The predicted molar refractivity (Wildman–Crippen MR) is 121 cm³/mol. The van der Waals surface area contributed by atoms with E-state index in [1.54, 1.807) is 20.3 Å². The van der Waals surface area contributed by atoms with E-state index in [0.29, 0.717) is 32.8 Å². The summed E-state index contributed by atoms with van der Waals surface area (Å²) >= 11 is 14.2. The van der Waals surface area contributed by atoms with Crippen LogP contribution in [0.3, 0.4) is 0 Å². The molecule has 0 unspecified atom stereocenters. The van der Waals surface area contributed by atoms with Gasteiger partial charge in [0.05, 0.1) is 35.5 Å². The first-order valence-electron chi connectivity index (χ1n) is 9.05. The first kappa shape index (κ1) is 20.7. The van der Waals surface area contributed by atoms with Gasteiger partial charge in [-0.05, 0) is 37.3 Å². The van der Waals surface area contributed by atoms with Gasteiger partial charge in [-0.25, -0.2) is 9.97 Å². The Morgan fingerprint density at radius 1 is 0.967 bits per heavy atom. The molecule has 0 fully saturated rings. The summed E-state index contributed by atoms with van der Waals surface area (Å²) in [6.07, 6.45) is 0. The minimum absolute atomic E-state index is 0.245. The number of aromatic nitrogens is 2. The summed E-state index contributed by atoms with van der Waals surface area (Å²) in [5.41, 5.74) is 3.12. The first-order valence-corrected chi connectivity index (χ1v) is 10.7. The van der Waals surface area contributed by atoms with Crippen molar-refractivity contribution < 1.29 is 14.2 Å². The fourth-order valence-corrected chi connectivity index (χ4v) is 4.52. The van der Waals surface area contributed by atoms with Crippen molar-refractivity contribution in [2.75, 3.05) is 14.2 Å². The highest BCUT2D eigenvalue weighted by atomic mass is 35.5. The van der Waals surface area contributed by atoms with Gasteiger partial charge in [0.1, 0.15) is 17.1 Å². The second-order valence-corrected chi connectivity index (χ2v) is 8.16. The van der Waals surface area contributed by atoms with Gasteiger partial charge in [0, 0.05) is 16.5 Å². The fraction of sp³-hybridized carbons (Fsp3) is 0.182. The summed E-state index contributed by atoms with van der Waals surface area (Å²) in [5, 5.41) is 4.50. The van der Waals surface area contributed by atoms with E-state index in [1.807, 2.05) is 42.6 Å². The summed E-state index contributed by atoms with van der Waals surface area (Å²) in [5.74, 6) is 1.80. The van der Waals surface area contributed by atoms with Crippen molar-refractivity contribution in [2.45, 2.75) is 13.5 Å². The number of hydrogen-bond acceptors (Lipinski definition) is 6. The second kappa shape index (κ2) is 8.68. The average molecular weight is 461 g/mol. The Labute approximate surface area is 188 Å². The lowest BCUT2D eigenvalue weighted by Gasteiger charge is -2.12. The molecule has 30 heavy (non-hydrogen) atoms. The summed E-state index contributed by atoms with van der Waals surface area (Å²) in [4.78, 5) is 9.25. The molecule has 0 saturated heterocycles. The van der Waals surface area contributed by atoms with Crippen molar-refractivity contribution in [1.82, 2.24) is 9.97 Å². The molecule has 2 aromatic carbocycles. The van der Waals surface area contributed by atoms with Crippen LogP contribution in [-0.4, -0.2) is 24.2 Å². The molecule has 8 heteroatoms. The molecule has 0 aliphatic heterocycles. The van der Waals surface area contributed by atoms with E-state index < -0.39 is 0 Å². The largest absolute Gasteiger partial charge is 0.493 e. The lowest BCUT2D eigenvalue weighted by atomic mass is 10.2. The van der Waals surface area contributed by atoms with E-state index in [1.165, 1.54) is 11.3 Å². The molecule has 5 nitrogen and oxygen atoms in total. The van der Waals surface area contributed by atoms with Gasteiger partial charge in [-0.15, -0.1) is 11.3 Å². The third kappa shape index (κ3) is 3.90. The van der Waals surface area contributed by atoms with Crippen LogP contribution in [0.15, 0.2) is 41.8 Å². The Morgan fingerprint density at radius 2 is 1.80 bits per heavy atom. The Kier molecular flexibility index (Phi) is 5.99. The molecule has 0 N–H and O–H groups in total. The molecule has 0 radical (unpaired) electrons. The molecule has 154 valence electrons. The molecule has 2 aromatic heterocycles. The molecule has 0 bridgehead atoms. The lowest BCUT2D eigenvalue weighted by Crippen LogP contribution is -1.99. The zero-order chi connectivity index (χ0) is 21.3. The molecule has 0 saturated carbocycles. The highest BCUT2D eigenvalue weighted by molar-refractivity contribution is 7.13. The fourth-order valence-electron chi connectivity index (χ4n) is 3.13. The topological polar surface area (TPSA) is 53.5 Å². The van der Waals surface area contributed by atoms with Crippen LogP contribution >= 0.6 is 34.5 Å². The monoisotopic (exact) mass is 460 g/mol. The highest BCUT2D eigenvalue weighted by Crippen LogP contribution is 2.40. The van der Waals surface area contributed by atoms with Gasteiger partial charge in [-0.3, -0.25) is 0 Å².